The van der Waals surface area contributed by atoms with E-state index in [-0.39, 0.29) is 5.91 Å². The normalized spacial score (nSPS) is 10.3. The summed E-state index contributed by atoms with van der Waals surface area (Å²) < 4.78 is 0. The van der Waals surface area contributed by atoms with Gasteiger partial charge in [0, 0.05) is 36.1 Å². The van der Waals surface area contributed by atoms with Gasteiger partial charge in [0.15, 0.2) is 0 Å². The third-order valence-electron chi connectivity index (χ3n) is 3.37. The van der Waals surface area contributed by atoms with Crippen LogP contribution in [-0.4, -0.2) is 17.9 Å². The van der Waals surface area contributed by atoms with Crippen molar-refractivity contribution in [3.63, 3.8) is 0 Å². The van der Waals surface area contributed by atoms with Crippen molar-refractivity contribution in [2.45, 2.75) is 0 Å². The first-order valence-electron chi connectivity index (χ1n) is 6.70. The second kappa shape index (κ2) is 5.63. The number of nitrogens with one attached hydrogen (secondary N) is 2. The molecule has 104 valence electrons. The lowest BCUT2D eigenvalue weighted by molar-refractivity contribution is 0.102. The Bertz CT molecular complexity index is 776. The summed E-state index contributed by atoms with van der Waals surface area (Å²) in [5.74, 6) is -0.131. The smallest absolute Gasteiger partial charge is 0.255 e. The number of pyridine rings is 1. The highest BCUT2D eigenvalue weighted by Crippen LogP contribution is 2.22. The van der Waals surface area contributed by atoms with Gasteiger partial charge in [-0.25, -0.2) is 0 Å². The molecule has 0 aliphatic heterocycles. The number of carbonyl (C=O) groups is 1. The average Bonchev–Trinajstić information content (AvgIpc) is 2.55. The minimum atomic E-state index is -0.131. The lowest BCUT2D eigenvalue weighted by Gasteiger charge is -2.09. The molecule has 2 aromatic carbocycles. The van der Waals surface area contributed by atoms with Crippen LogP contribution in [-0.2, 0) is 0 Å². The number of anilines is 2. The molecule has 0 radical (unpaired) electrons. The molecule has 1 aromatic heterocycles. The molecule has 3 aromatic rings. The van der Waals surface area contributed by atoms with E-state index in [2.05, 4.69) is 15.6 Å². The second-order valence-electron chi connectivity index (χ2n) is 4.68. The number of aromatic nitrogens is 1. The Morgan fingerprint density at radius 2 is 1.86 bits per heavy atom. The minimum absolute atomic E-state index is 0.131. The van der Waals surface area contributed by atoms with Crippen LogP contribution in [0.25, 0.3) is 10.8 Å². The summed E-state index contributed by atoms with van der Waals surface area (Å²) >= 11 is 0. The van der Waals surface area contributed by atoms with Gasteiger partial charge >= 0.3 is 0 Å². The molecule has 0 spiro atoms. The summed E-state index contributed by atoms with van der Waals surface area (Å²) in [4.78, 5) is 16.4. The van der Waals surface area contributed by atoms with Crippen molar-refractivity contribution < 1.29 is 4.79 Å². The van der Waals surface area contributed by atoms with E-state index in [4.69, 9.17) is 0 Å². The Kier molecular flexibility index (Phi) is 3.51. The van der Waals surface area contributed by atoms with E-state index in [0.29, 0.717) is 5.56 Å². The quantitative estimate of drug-likeness (QED) is 0.770. The molecule has 1 amide bonds. The van der Waals surface area contributed by atoms with E-state index in [9.17, 15) is 4.79 Å². The minimum Gasteiger partial charge on any atom is -0.388 e. The van der Waals surface area contributed by atoms with Crippen molar-refractivity contribution in [3.8, 4) is 0 Å². The molecular weight excluding hydrogens is 262 g/mol. The molecule has 3 rings (SSSR count). The van der Waals surface area contributed by atoms with E-state index in [0.717, 1.165) is 22.1 Å². The first kappa shape index (κ1) is 13.1. The molecule has 1 heterocycles. The van der Waals surface area contributed by atoms with Crippen molar-refractivity contribution in [2.75, 3.05) is 17.7 Å². The van der Waals surface area contributed by atoms with Gasteiger partial charge in [0.25, 0.3) is 5.91 Å². The number of rotatable bonds is 3. The molecule has 0 unspecified atom stereocenters. The van der Waals surface area contributed by atoms with Gasteiger partial charge in [-0.1, -0.05) is 12.1 Å². The molecule has 21 heavy (non-hydrogen) atoms. The molecule has 0 saturated carbocycles. The maximum absolute atomic E-state index is 12.3. The second-order valence-corrected chi connectivity index (χ2v) is 4.68. The van der Waals surface area contributed by atoms with E-state index >= 15 is 0 Å². The van der Waals surface area contributed by atoms with Gasteiger partial charge in [0.2, 0.25) is 0 Å². The Morgan fingerprint density at radius 1 is 1.05 bits per heavy atom. The predicted molar refractivity (Wildman–Crippen MR) is 85.7 cm³/mol. The first-order valence-corrected chi connectivity index (χ1v) is 6.70. The highest BCUT2D eigenvalue weighted by Gasteiger charge is 2.08. The van der Waals surface area contributed by atoms with Gasteiger partial charge in [0.05, 0.1) is 5.69 Å². The van der Waals surface area contributed by atoms with Gasteiger partial charge in [-0.15, -0.1) is 0 Å². The van der Waals surface area contributed by atoms with Crippen LogP contribution in [0.5, 0.6) is 0 Å². The standard InChI is InChI=1S/C17H15N3O/c1-18-14-7-5-13(6-8-14)17(21)20-16-4-2-3-12-9-10-19-11-15(12)16/h2-11,18H,1H3,(H,20,21). The summed E-state index contributed by atoms with van der Waals surface area (Å²) in [5, 5.41) is 7.95. The fourth-order valence-electron chi connectivity index (χ4n) is 2.21. The molecule has 0 atom stereocenters. The van der Waals surface area contributed by atoms with E-state index < -0.39 is 0 Å². The molecule has 0 fully saturated rings. The van der Waals surface area contributed by atoms with Crippen LogP contribution in [0.4, 0.5) is 11.4 Å². The number of carbonyl (C=O) groups excluding carboxylic acids is 1. The fraction of sp³-hybridized carbons (Fsp3) is 0.0588. The highest BCUT2D eigenvalue weighted by molar-refractivity contribution is 6.09. The van der Waals surface area contributed by atoms with Gasteiger partial charge < -0.3 is 10.6 Å². The maximum Gasteiger partial charge on any atom is 0.255 e. The van der Waals surface area contributed by atoms with Crippen molar-refractivity contribution in [3.05, 3.63) is 66.5 Å². The van der Waals surface area contributed by atoms with Crippen molar-refractivity contribution in [1.29, 1.82) is 0 Å². The van der Waals surface area contributed by atoms with E-state index in [1.165, 1.54) is 0 Å². The number of hydrogen-bond donors (Lipinski definition) is 2. The fourth-order valence-corrected chi connectivity index (χ4v) is 2.21. The Hall–Kier alpha value is -2.88. The summed E-state index contributed by atoms with van der Waals surface area (Å²) in [5.41, 5.74) is 2.36. The Labute approximate surface area is 122 Å². The third-order valence-corrected chi connectivity index (χ3v) is 3.37. The predicted octanol–water partition coefficient (Wildman–Crippen LogP) is 3.53. The van der Waals surface area contributed by atoms with Gasteiger partial charge in [-0.05, 0) is 41.8 Å². The van der Waals surface area contributed by atoms with E-state index in [1.54, 1.807) is 24.5 Å². The van der Waals surface area contributed by atoms with Crippen LogP contribution in [0.2, 0.25) is 0 Å². The zero-order valence-electron chi connectivity index (χ0n) is 11.6. The zero-order valence-corrected chi connectivity index (χ0v) is 11.6. The molecule has 0 bridgehead atoms. The van der Waals surface area contributed by atoms with Crippen molar-refractivity contribution in [1.82, 2.24) is 4.98 Å². The van der Waals surface area contributed by atoms with Crippen LogP contribution in [0.1, 0.15) is 10.4 Å². The van der Waals surface area contributed by atoms with Gasteiger partial charge in [0.1, 0.15) is 0 Å². The Balaban J connectivity index is 1.89. The largest absolute Gasteiger partial charge is 0.388 e. The molecule has 0 aliphatic carbocycles. The molecule has 4 heteroatoms. The highest BCUT2D eigenvalue weighted by atomic mass is 16.1. The van der Waals surface area contributed by atoms with Gasteiger partial charge in [-0.3, -0.25) is 9.78 Å². The van der Waals surface area contributed by atoms with Crippen LogP contribution >= 0.6 is 0 Å². The topological polar surface area (TPSA) is 54.0 Å². The lowest BCUT2D eigenvalue weighted by atomic mass is 10.1. The molecule has 0 saturated heterocycles. The summed E-state index contributed by atoms with van der Waals surface area (Å²) in [6, 6.07) is 15.1. The van der Waals surface area contributed by atoms with Crippen LogP contribution in [0.3, 0.4) is 0 Å². The van der Waals surface area contributed by atoms with Crippen LogP contribution < -0.4 is 10.6 Å². The Morgan fingerprint density at radius 3 is 2.62 bits per heavy atom. The number of hydrogen-bond acceptors (Lipinski definition) is 3. The van der Waals surface area contributed by atoms with Crippen molar-refractivity contribution >= 4 is 28.1 Å². The first-order chi connectivity index (χ1) is 10.3. The van der Waals surface area contributed by atoms with E-state index in [1.807, 2.05) is 43.4 Å². The summed E-state index contributed by atoms with van der Waals surface area (Å²) in [7, 11) is 1.85. The molecule has 4 nitrogen and oxygen atoms in total. The van der Waals surface area contributed by atoms with Crippen molar-refractivity contribution in [2.24, 2.45) is 0 Å². The summed E-state index contributed by atoms with van der Waals surface area (Å²) in [6.45, 7) is 0. The van der Waals surface area contributed by atoms with Crippen LogP contribution in [0, 0.1) is 0 Å². The number of fused-ring (bicyclic) bond motifs is 1. The maximum atomic E-state index is 12.3. The lowest BCUT2D eigenvalue weighted by Crippen LogP contribution is -2.12. The molecule has 2 N–H and O–H groups in total. The number of nitrogens with zero attached hydrogens (tertiary/aromatic N) is 1. The number of benzene rings is 2. The van der Waals surface area contributed by atoms with Crippen LogP contribution in [0.15, 0.2) is 60.9 Å². The molecular formula is C17H15N3O. The van der Waals surface area contributed by atoms with Gasteiger partial charge in [-0.2, -0.15) is 0 Å². The average molecular weight is 277 g/mol. The number of amides is 1. The summed E-state index contributed by atoms with van der Waals surface area (Å²) in [6.07, 6.45) is 3.50. The SMILES string of the molecule is CNc1ccc(C(=O)Nc2cccc3ccncc23)cc1. The zero-order chi connectivity index (χ0) is 14.7. The monoisotopic (exact) mass is 277 g/mol. The third kappa shape index (κ3) is 2.69. The molecule has 0 aliphatic rings.